The van der Waals surface area contributed by atoms with E-state index in [1.165, 1.54) is 0 Å². The average molecular weight is 324 g/mol. The van der Waals surface area contributed by atoms with Crippen LogP contribution >= 0.6 is 11.6 Å². The Morgan fingerprint density at radius 2 is 1.86 bits per heavy atom. The minimum atomic E-state index is -0.350. The molecule has 0 bridgehead atoms. The summed E-state index contributed by atoms with van der Waals surface area (Å²) in [6, 6.07) is 6.46. The third kappa shape index (κ3) is 7.22. The monoisotopic (exact) mass is 323 g/mol. The largest absolute Gasteiger partial charge is 0.343 e. The number of rotatable bonds is 8. The van der Waals surface area contributed by atoms with Crippen molar-refractivity contribution in [2.24, 2.45) is 5.10 Å². The van der Waals surface area contributed by atoms with E-state index in [1.807, 2.05) is 6.92 Å². The van der Waals surface area contributed by atoms with Gasteiger partial charge in [-0.3, -0.25) is 9.59 Å². The molecular formula is C16H22ClN3O2. The van der Waals surface area contributed by atoms with Crippen molar-refractivity contribution in [2.75, 3.05) is 6.54 Å². The smallest absolute Gasteiger partial charge is 0.259 e. The normalized spacial score (nSPS) is 11.1. The van der Waals surface area contributed by atoms with Crippen molar-refractivity contribution in [2.45, 2.75) is 39.5 Å². The van der Waals surface area contributed by atoms with Gasteiger partial charge in [-0.05, 0) is 44.0 Å². The first-order valence-electron chi connectivity index (χ1n) is 7.38. The molecule has 0 fully saturated rings. The summed E-state index contributed by atoms with van der Waals surface area (Å²) in [5, 5.41) is 7.10. The quantitative estimate of drug-likeness (QED) is 0.438. The summed E-state index contributed by atoms with van der Waals surface area (Å²) in [4.78, 5) is 23.4. The SMILES string of the molecule is CCCCCC(C)=NNC(=O)CNC(=O)c1ccc(Cl)cc1. The van der Waals surface area contributed by atoms with Crippen molar-refractivity contribution in [1.82, 2.24) is 10.7 Å². The maximum Gasteiger partial charge on any atom is 0.259 e. The third-order valence-electron chi connectivity index (χ3n) is 3.03. The van der Waals surface area contributed by atoms with Crippen LogP contribution in [-0.4, -0.2) is 24.1 Å². The Bertz CT molecular complexity index is 527. The Morgan fingerprint density at radius 3 is 2.50 bits per heavy atom. The Balaban J connectivity index is 2.32. The van der Waals surface area contributed by atoms with Crippen LogP contribution in [0.1, 0.15) is 49.9 Å². The van der Waals surface area contributed by atoms with Crippen LogP contribution in [0.2, 0.25) is 5.02 Å². The first-order chi connectivity index (χ1) is 10.5. The molecule has 0 aromatic heterocycles. The van der Waals surface area contributed by atoms with E-state index in [0.717, 1.165) is 31.4 Å². The number of nitrogens with one attached hydrogen (secondary N) is 2. The second-order valence-electron chi connectivity index (χ2n) is 5.03. The van der Waals surface area contributed by atoms with Crippen LogP contribution in [0.25, 0.3) is 0 Å². The fourth-order valence-electron chi connectivity index (χ4n) is 1.75. The van der Waals surface area contributed by atoms with Crippen LogP contribution < -0.4 is 10.7 Å². The van der Waals surface area contributed by atoms with Crippen LogP contribution in [0, 0.1) is 0 Å². The van der Waals surface area contributed by atoms with Crippen molar-refractivity contribution in [3.05, 3.63) is 34.9 Å². The molecule has 0 radical (unpaired) electrons. The number of benzene rings is 1. The van der Waals surface area contributed by atoms with Gasteiger partial charge in [-0.1, -0.05) is 31.4 Å². The second-order valence-corrected chi connectivity index (χ2v) is 5.47. The lowest BCUT2D eigenvalue weighted by molar-refractivity contribution is -0.120. The molecule has 0 atom stereocenters. The molecule has 1 rings (SSSR count). The number of amides is 2. The fourth-order valence-corrected chi connectivity index (χ4v) is 1.87. The third-order valence-corrected chi connectivity index (χ3v) is 3.28. The average Bonchev–Trinajstić information content (AvgIpc) is 2.51. The molecular weight excluding hydrogens is 302 g/mol. The summed E-state index contributed by atoms with van der Waals surface area (Å²) in [6.45, 7) is 3.90. The molecule has 0 saturated carbocycles. The Hall–Kier alpha value is -1.88. The zero-order valence-corrected chi connectivity index (χ0v) is 13.7. The van der Waals surface area contributed by atoms with Crippen molar-refractivity contribution < 1.29 is 9.59 Å². The summed E-state index contributed by atoms with van der Waals surface area (Å²) in [5.74, 6) is -0.674. The molecule has 22 heavy (non-hydrogen) atoms. The molecule has 0 spiro atoms. The molecule has 0 saturated heterocycles. The Kier molecular flexibility index (Phi) is 8.22. The lowest BCUT2D eigenvalue weighted by Gasteiger charge is -2.05. The van der Waals surface area contributed by atoms with Crippen molar-refractivity contribution in [3.63, 3.8) is 0 Å². The first kappa shape index (κ1) is 18.2. The zero-order valence-electron chi connectivity index (χ0n) is 13.0. The molecule has 5 nitrogen and oxygen atoms in total. The van der Waals surface area contributed by atoms with E-state index in [4.69, 9.17) is 11.6 Å². The van der Waals surface area contributed by atoms with E-state index in [1.54, 1.807) is 24.3 Å². The van der Waals surface area contributed by atoms with Gasteiger partial charge >= 0.3 is 0 Å². The van der Waals surface area contributed by atoms with Gasteiger partial charge in [0.25, 0.3) is 11.8 Å². The van der Waals surface area contributed by atoms with Gasteiger partial charge in [0.1, 0.15) is 0 Å². The van der Waals surface area contributed by atoms with Crippen molar-refractivity contribution in [3.8, 4) is 0 Å². The number of nitrogens with zero attached hydrogens (tertiary/aromatic N) is 1. The molecule has 2 amide bonds. The lowest BCUT2D eigenvalue weighted by atomic mass is 10.1. The van der Waals surface area contributed by atoms with E-state index < -0.39 is 0 Å². The maximum atomic E-state index is 11.8. The fraction of sp³-hybridized carbons (Fsp3) is 0.438. The van der Waals surface area contributed by atoms with E-state index in [0.29, 0.717) is 10.6 Å². The molecule has 2 N–H and O–H groups in total. The van der Waals surface area contributed by atoms with Gasteiger partial charge in [-0.25, -0.2) is 5.43 Å². The number of hydrogen-bond acceptors (Lipinski definition) is 3. The number of halogens is 1. The zero-order chi connectivity index (χ0) is 16.4. The minimum absolute atomic E-state index is 0.118. The number of unbranched alkanes of at least 4 members (excludes halogenated alkanes) is 2. The molecule has 0 aliphatic rings. The van der Waals surface area contributed by atoms with E-state index in [2.05, 4.69) is 22.8 Å². The Morgan fingerprint density at radius 1 is 1.18 bits per heavy atom. The second kappa shape index (κ2) is 9.95. The molecule has 0 unspecified atom stereocenters. The molecule has 0 heterocycles. The van der Waals surface area contributed by atoms with Crippen LogP contribution in [0.3, 0.4) is 0 Å². The van der Waals surface area contributed by atoms with Gasteiger partial charge in [-0.2, -0.15) is 5.10 Å². The van der Waals surface area contributed by atoms with Gasteiger partial charge in [0.05, 0.1) is 6.54 Å². The number of hydrogen-bond donors (Lipinski definition) is 2. The van der Waals surface area contributed by atoms with Gasteiger partial charge in [0, 0.05) is 16.3 Å². The summed E-state index contributed by atoms with van der Waals surface area (Å²) >= 11 is 5.75. The molecule has 120 valence electrons. The highest BCUT2D eigenvalue weighted by Crippen LogP contribution is 2.09. The standard InChI is InChI=1S/C16H22ClN3O2/c1-3-4-5-6-12(2)19-20-15(21)11-18-16(22)13-7-9-14(17)10-8-13/h7-10H,3-6,11H2,1-2H3,(H,18,22)(H,20,21). The minimum Gasteiger partial charge on any atom is -0.343 e. The van der Waals surface area contributed by atoms with Gasteiger partial charge in [-0.15, -0.1) is 0 Å². The molecule has 1 aromatic rings. The molecule has 0 aliphatic heterocycles. The first-order valence-corrected chi connectivity index (χ1v) is 7.76. The van der Waals surface area contributed by atoms with Crippen molar-refractivity contribution in [1.29, 1.82) is 0 Å². The predicted molar refractivity (Wildman–Crippen MR) is 89.2 cm³/mol. The van der Waals surface area contributed by atoms with Crippen LogP contribution in [0.15, 0.2) is 29.4 Å². The predicted octanol–water partition coefficient (Wildman–Crippen LogP) is 3.14. The highest BCUT2D eigenvalue weighted by atomic mass is 35.5. The van der Waals surface area contributed by atoms with Gasteiger partial charge in [0.2, 0.25) is 0 Å². The summed E-state index contributed by atoms with van der Waals surface area (Å²) in [7, 11) is 0. The van der Waals surface area contributed by atoms with E-state index >= 15 is 0 Å². The highest BCUT2D eigenvalue weighted by Gasteiger charge is 2.07. The summed E-state index contributed by atoms with van der Waals surface area (Å²) < 4.78 is 0. The van der Waals surface area contributed by atoms with E-state index in [9.17, 15) is 9.59 Å². The Labute approximate surface area is 136 Å². The van der Waals surface area contributed by atoms with Gasteiger partial charge in [0.15, 0.2) is 0 Å². The highest BCUT2D eigenvalue weighted by molar-refractivity contribution is 6.30. The van der Waals surface area contributed by atoms with Crippen LogP contribution in [0.4, 0.5) is 0 Å². The van der Waals surface area contributed by atoms with Crippen LogP contribution in [0.5, 0.6) is 0 Å². The topological polar surface area (TPSA) is 70.6 Å². The summed E-state index contributed by atoms with van der Waals surface area (Å²) in [5.41, 5.74) is 3.77. The number of hydrazone groups is 1. The maximum absolute atomic E-state index is 11.8. The molecule has 6 heteroatoms. The van der Waals surface area contributed by atoms with Crippen molar-refractivity contribution >= 4 is 29.1 Å². The van der Waals surface area contributed by atoms with Gasteiger partial charge < -0.3 is 5.32 Å². The molecule has 1 aromatic carbocycles. The summed E-state index contributed by atoms with van der Waals surface area (Å²) in [6.07, 6.45) is 4.23. The van der Waals surface area contributed by atoms with E-state index in [-0.39, 0.29) is 18.4 Å². The molecule has 0 aliphatic carbocycles. The lowest BCUT2D eigenvalue weighted by Crippen LogP contribution is -2.35. The number of carbonyl (C=O) groups is 2. The number of carbonyl (C=O) groups excluding carboxylic acids is 2. The van der Waals surface area contributed by atoms with Crippen LogP contribution in [-0.2, 0) is 4.79 Å².